The van der Waals surface area contributed by atoms with Crippen LogP contribution in [0.1, 0.15) is 22.6 Å². The lowest BCUT2D eigenvalue weighted by Crippen LogP contribution is -2.29. The van der Waals surface area contributed by atoms with Crippen molar-refractivity contribution in [3.63, 3.8) is 0 Å². The molecular weight excluding hydrogens is 294 g/mol. The number of rotatable bonds is 4. The van der Waals surface area contributed by atoms with Gasteiger partial charge in [0, 0.05) is 17.2 Å². The van der Waals surface area contributed by atoms with Gasteiger partial charge in [0.2, 0.25) is 0 Å². The van der Waals surface area contributed by atoms with Gasteiger partial charge in [-0.1, -0.05) is 35.5 Å². The van der Waals surface area contributed by atoms with Crippen molar-refractivity contribution >= 4 is 0 Å². The number of aliphatic hydroxyl groups excluding tert-OH is 1. The lowest BCUT2D eigenvalue weighted by atomic mass is 10.1. The van der Waals surface area contributed by atoms with Crippen LogP contribution in [0.5, 0.6) is 0 Å². The summed E-state index contributed by atoms with van der Waals surface area (Å²) in [4.78, 5) is 12.3. The summed E-state index contributed by atoms with van der Waals surface area (Å²) >= 11 is 0. The van der Waals surface area contributed by atoms with E-state index in [9.17, 15) is 9.90 Å². The summed E-state index contributed by atoms with van der Waals surface area (Å²) in [5, 5.41) is 17.7. The van der Waals surface area contributed by atoms with Crippen molar-refractivity contribution in [2.75, 3.05) is 0 Å². The normalized spacial score (nSPS) is 10.9. The first-order valence-corrected chi connectivity index (χ1v) is 7.29. The first kappa shape index (κ1) is 15.2. The summed E-state index contributed by atoms with van der Waals surface area (Å²) in [6.45, 7) is 3.45. The van der Waals surface area contributed by atoms with Gasteiger partial charge in [-0.25, -0.2) is 4.68 Å². The van der Waals surface area contributed by atoms with E-state index in [1.165, 1.54) is 4.68 Å². The molecule has 0 aliphatic carbocycles. The van der Waals surface area contributed by atoms with E-state index < -0.39 is 0 Å². The number of aromatic nitrogens is 3. The van der Waals surface area contributed by atoms with Gasteiger partial charge in [-0.05, 0) is 19.4 Å². The summed E-state index contributed by atoms with van der Waals surface area (Å²) < 4.78 is 6.60. The fraction of sp³-hybridized carbons (Fsp3) is 0.235. The number of benzene rings is 1. The van der Waals surface area contributed by atoms with Crippen LogP contribution in [0, 0.1) is 13.8 Å². The first-order valence-electron chi connectivity index (χ1n) is 7.29. The summed E-state index contributed by atoms with van der Waals surface area (Å²) in [6.07, 6.45) is 0. The Hall–Kier alpha value is -2.73. The summed E-state index contributed by atoms with van der Waals surface area (Å²) in [7, 11) is 0. The van der Waals surface area contributed by atoms with E-state index in [4.69, 9.17) is 4.52 Å². The van der Waals surface area contributed by atoms with Crippen LogP contribution in [0.4, 0.5) is 0 Å². The average molecular weight is 311 g/mol. The number of hydrogen-bond donors (Lipinski definition) is 1. The zero-order valence-electron chi connectivity index (χ0n) is 13.0. The Kier molecular flexibility index (Phi) is 4.08. The molecule has 0 bridgehead atoms. The molecule has 0 saturated carbocycles. The highest BCUT2D eigenvalue weighted by atomic mass is 16.5. The second-order valence-corrected chi connectivity index (χ2v) is 5.35. The highest BCUT2D eigenvalue weighted by molar-refractivity contribution is 5.58. The van der Waals surface area contributed by atoms with Gasteiger partial charge in [0.05, 0.1) is 12.3 Å². The molecule has 0 atom stereocenters. The van der Waals surface area contributed by atoms with Gasteiger partial charge in [0.25, 0.3) is 5.56 Å². The predicted molar refractivity (Wildman–Crippen MR) is 84.9 cm³/mol. The number of aryl methyl sites for hydroxylation is 1. The largest absolute Gasteiger partial charge is 0.391 e. The lowest BCUT2D eigenvalue weighted by molar-refractivity contribution is 0.276. The van der Waals surface area contributed by atoms with E-state index in [2.05, 4.69) is 10.3 Å². The van der Waals surface area contributed by atoms with Gasteiger partial charge in [0.15, 0.2) is 5.76 Å². The highest BCUT2D eigenvalue weighted by Gasteiger charge is 2.13. The Balaban J connectivity index is 1.93. The lowest BCUT2D eigenvalue weighted by Gasteiger charge is -2.09. The molecule has 6 nitrogen and oxygen atoms in total. The first-order chi connectivity index (χ1) is 11.1. The van der Waals surface area contributed by atoms with Gasteiger partial charge in [-0.2, -0.15) is 5.10 Å². The van der Waals surface area contributed by atoms with E-state index in [1.807, 2.05) is 30.3 Å². The van der Waals surface area contributed by atoms with Crippen LogP contribution in [0.15, 0.2) is 45.7 Å². The standard InChI is InChI=1S/C17H17N3O3/c1-11-12(2)18-20(17(22)15(11)10-21)9-14-8-16(19-23-14)13-6-4-3-5-7-13/h3-8,21H,9-10H2,1-2H3. The van der Waals surface area contributed by atoms with Crippen LogP contribution in [0.2, 0.25) is 0 Å². The van der Waals surface area contributed by atoms with Crippen molar-refractivity contribution < 1.29 is 9.63 Å². The molecule has 0 aliphatic rings. The molecule has 118 valence electrons. The van der Waals surface area contributed by atoms with Crippen LogP contribution in [0.25, 0.3) is 11.3 Å². The molecule has 0 unspecified atom stereocenters. The Bertz CT molecular complexity index is 882. The third-order valence-corrected chi connectivity index (χ3v) is 3.85. The summed E-state index contributed by atoms with van der Waals surface area (Å²) in [5.74, 6) is 0.533. The molecule has 0 amide bonds. The molecule has 1 aromatic carbocycles. The van der Waals surface area contributed by atoms with E-state index in [-0.39, 0.29) is 18.7 Å². The highest BCUT2D eigenvalue weighted by Crippen LogP contribution is 2.18. The van der Waals surface area contributed by atoms with E-state index in [1.54, 1.807) is 19.9 Å². The molecule has 1 N–H and O–H groups in total. The quantitative estimate of drug-likeness (QED) is 0.797. The molecule has 23 heavy (non-hydrogen) atoms. The van der Waals surface area contributed by atoms with Crippen molar-refractivity contribution in [3.8, 4) is 11.3 Å². The SMILES string of the molecule is Cc1nn(Cc2cc(-c3ccccc3)no2)c(=O)c(CO)c1C. The number of nitrogens with zero attached hydrogens (tertiary/aromatic N) is 3. The Morgan fingerprint density at radius 3 is 2.65 bits per heavy atom. The van der Waals surface area contributed by atoms with Gasteiger partial charge in [-0.3, -0.25) is 4.79 Å². The fourth-order valence-electron chi connectivity index (χ4n) is 2.41. The third-order valence-electron chi connectivity index (χ3n) is 3.85. The van der Waals surface area contributed by atoms with Crippen LogP contribution in [0.3, 0.4) is 0 Å². The molecule has 0 spiro atoms. The minimum Gasteiger partial charge on any atom is -0.391 e. The number of hydrogen-bond acceptors (Lipinski definition) is 5. The molecule has 6 heteroatoms. The molecular formula is C17H17N3O3. The maximum atomic E-state index is 12.3. The molecule has 3 aromatic rings. The smallest absolute Gasteiger partial charge is 0.272 e. The van der Waals surface area contributed by atoms with E-state index in [0.717, 1.165) is 11.1 Å². The minimum atomic E-state index is -0.312. The Morgan fingerprint density at radius 1 is 1.22 bits per heavy atom. The fourth-order valence-corrected chi connectivity index (χ4v) is 2.41. The van der Waals surface area contributed by atoms with Crippen molar-refractivity contribution in [2.24, 2.45) is 0 Å². The maximum Gasteiger partial charge on any atom is 0.272 e. The Labute approximate surface area is 133 Å². The maximum absolute atomic E-state index is 12.3. The zero-order valence-corrected chi connectivity index (χ0v) is 13.0. The predicted octanol–water partition coefficient (Wildman–Crippen LogP) is 2.06. The molecule has 3 rings (SSSR count). The molecule has 0 fully saturated rings. The third kappa shape index (κ3) is 2.93. The van der Waals surface area contributed by atoms with Gasteiger partial charge in [0.1, 0.15) is 12.2 Å². The van der Waals surface area contributed by atoms with Crippen molar-refractivity contribution in [1.29, 1.82) is 0 Å². The van der Waals surface area contributed by atoms with E-state index in [0.29, 0.717) is 22.7 Å². The van der Waals surface area contributed by atoms with Gasteiger partial charge < -0.3 is 9.63 Å². The topological polar surface area (TPSA) is 81.2 Å². The summed E-state index contributed by atoms with van der Waals surface area (Å²) in [5.41, 5.74) is 3.13. The minimum absolute atomic E-state index is 0.173. The number of aliphatic hydroxyl groups is 1. The Morgan fingerprint density at radius 2 is 1.96 bits per heavy atom. The average Bonchev–Trinajstić information content (AvgIpc) is 3.03. The van der Waals surface area contributed by atoms with Crippen LogP contribution in [-0.2, 0) is 13.2 Å². The van der Waals surface area contributed by atoms with Crippen LogP contribution >= 0.6 is 0 Å². The molecule has 0 saturated heterocycles. The van der Waals surface area contributed by atoms with Crippen LogP contribution < -0.4 is 5.56 Å². The zero-order chi connectivity index (χ0) is 16.4. The van der Waals surface area contributed by atoms with Crippen LogP contribution in [-0.4, -0.2) is 20.0 Å². The van der Waals surface area contributed by atoms with Gasteiger partial charge >= 0.3 is 0 Å². The monoisotopic (exact) mass is 311 g/mol. The molecule has 2 heterocycles. The van der Waals surface area contributed by atoms with Crippen molar-refractivity contribution in [3.05, 3.63) is 69.3 Å². The van der Waals surface area contributed by atoms with Gasteiger partial charge in [-0.15, -0.1) is 0 Å². The molecule has 0 radical (unpaired) electrons. The second-order valence-electron chi connectivity index (χ2n) is 5.35. The van der Waals surface area contributed by atoms with E-state index >= 15 is 0 Å². The second kappa shape index (κ2) is 6.18. The summed E-state index contributed by atoms with van der Waals surface area (Å²) in [6, 6.07) is 11.4. The molecule has 0 aliphatic heterocycles. The van der Waals surface area contributed by atoms with Crippen molar-refractivity contribution in [2.45, 2.75) is 27.0 Å². The molecule has 2 aromatic heterocycles. The van der Waals surface area contributed by atoms with Crippen molar-refractivity contribution in [1.82, 2.24) is 14.9 Å².